The Labute approximate surface area is 145 Å². The number of hydrogen-bond acceptors (Lipinski definition) is 6. The normalized spacial score (nSPS) is 14.8. The van der Waals surface area contributed by atoms with Gasteiger partial charge in [-0.2, -0.15) is 4.98 Å². The van der Waals surface area contributed by atoms with Crippen LogP contribution in [0.5, 0.6) is 0 Å². The molecular weight excluding hydrogens is 328 g/mol. The molecule has 1 fully saturated rings. The van der Waals surface area contributed by atoms with Crippen molar-refractivity contribution < 1.29 is 24.0 Å². The molecule has 2 amide bonds. The summed E-state index contributed by atoms with van der Waals surface area (Å²) in [7, 11) is 0. The summed E-state index contributed by atoms with van der Waals surface area (Å²) in [5, 5.41) is 15.6. The first-order chi connectivity index (χ1) is 11.9. The van der Waals surface area contributed by atoms with Gasteiger partial charge in [0, 0.05) is 38.8 Å². The molecule has 0 aliphatic heterocycles. The van der Waals surface area contributed by atoms with E-state index in [0.29, 0.717) is 24.7 Å². The third-order valence-electron chi connectivity index (χ3n) is 4.08. The first-order valence-electron chi connectivity index (χ1n) is 8.47. The lowest BCUT2D eigenvalue weighted by Gasteiger charge is -2.26. The topological polar surface area (TPSA) is 126 Å². The quantitative estimate of drug-likeness (QED) is 0.635. The van der Waals surface area contributed by atoms with Gasteiger partial charge in [0.25, 0.3) is 0 Å². The van der Waals surface area contributed by atoms with Gasteiger partial charge in [-0.1, -0.05) is 5.16 Å². The number of rotatable bonds is 10. The summed E-state index contributed by atoms with van der Waals surface area (Å²) in [5.74, 6) is 0.0749. The lowest BCUT2D eigenvalue weighted by atomic mass is 10.2. The number of carboxylic acid groups (broad SMARTS) is 1. The van der Waals surface area contributed by atoms with E-state index < -0.39 is 12.0 Å². The number of carbonyl (C=O) groups excluding carboxylic acids is 2. The fourth-order valence-corrected chi connectivity index (χ4v) is 2.43. The van der Waals surface area contributed by atoms with Crippen molar-refractivity contribution in [3.63, 3.8) is 0 Å². The molecule has 25 heavy (non-hydrogen) atoms. The van der Waals surface area contributed by atoms with E-state index >= 15 is 0 Å². The Morgan fingerprint density at radius 1 is 1.40 bits per heavy atom. The average Bonchev–Trinajstić information content (AvgIpc) is 3.30. The lowest BCUT2D eigenvalue weighted by Crippen LogP contribution is -2.46. The van der Waals surface area contributed by atoms with Crippen LogP contribution in [0.15, 0.2) is 4.52 Å². The second-order valence-corrected chi connectivity index (χ2v) is 6.26. The van der Waals surface area contributed by atoms with Gasteiger partial charge in [-0.15, -0.1) is 0 Å². The highest BCUT2D eigenvalue weighted by atomic mass is 16.5. The molecule has 138 valence electrons. The van der Waals surface area contributed by atoms with Gasteiger partial charge in [-0.3, -0.25) is 9.59 Å². The molecule has 1 atom stereocenters. The molecule has 2 N–H and O–H groups in total. The first kappa shape index (κ1) is 18.9. The zero-order chi connectivity index (χ0) is 18.4. The van der Waals surface area contributed by atoms with Crippen LogP contribution in [0.1, 0.15) is 57.2 Å². The minimum atomic E-state index is -1.08. The third-order valence-corrected chi connectivity index (χ3v) is 4.08. The van der Waals surface area contributed by atoms with Crippen molar-refractivity contribution in [2.75, 3.05) is 13.1 Å². The predicted molar refractivity (Wildman–Crippen MR) is 86.7 cm³/mol. The highest BCUT2D eigenvalue weighted by Gasteiger charge is 2.29. The van der Waals surface area contributed by atoms with Crippen LogP contribution in [0.3, 0.4) is 0 Å². The Balaban J connectivity index is 1.81. The Bertz CT molecular complexity index is 626. The average molecular weight is 352 g/mol. The Hall–Kier alpha value is -2.45. The van der Waals surface area contributed by atoms with Gasteiger partial charge in [0.05, 0.1) is 0 Å². The SMILES string of the molecule is CC(=O)NCCN(C(=O)CCCc1nc(C2CC2)no1)C(C)C(=O)O. The number of aliphatic carboxylic acids is 1. The van der Waals surface area contributed by atoms with E-state index in [1.54, 1.807) is 0 Å². The number of nitrogens with one attached hydrogen (secondary N) is 1. The number of carboxylic acids is 1. The Morgan fingerprint density at radius 3 is 2.72 bits per heavy atom. The predicted octanol–water partition coefficient (Wildman–Crippen LogP) is 0.707. The van der Waals surface area contributed by atoms with Crippen LogP contribution in [-0.4, -0.2) is 57.1 Å². The minimum absolute atomic E-state index is 0.151. The summed E-state index contributed by atoms with van der Waals surface area (Å²) in [6.45, 7) is 3.19. The number of hydrogen-bond donors (Lipinski definition) is 2. The molecular formula is C16H24N4O5. The van der Waals surface area contributed by atoms with Crippen LogP contribution in [0.25, 0.3) is 0 Å². The van der Waals surface area contributed by atoms with Crippen molar-refractivity contribution in [3.8, 4) is 0 Å². The van der Waals surface area contributed by atoms with Crippen LogP contribution in [0, 0.1) is 0 Å². The summed E-state index contributed by atoms with van der Waals surface area (Å²) in [6.07, 6.45) is 3.33. The summed E-state index contributed by atoms with van der Waals surface area (Å²) in [5.41, 5.74) is 0. The van der Waals surface area contributed by atoms with Crippen molar-refractivity contribution in [3.05, 3.63) is 11.7 Å². The van der Waals surface area contributed by atoms with Gasteiger partial charge in [0.15, 0.2) is 5.82 Å². The molecule has 9 nitrogen and oxygen atoms in total. The molecule has 0 saturated heterocycles. The van der Waals surface area contributed by atoms with E-state index in [4.69, 9.17) is 9.63 Å². The highest BCUT2D eigenvalue weighted by Crippen LogP contribution is 2.38. The van der Waals surface area contributed by atoms with Gasteiger partial charge in [0.1, 0.15) is 6.04 Å². The van der Waals surface area contributed by atoms with Crippen LogP contribution in [0.2, 0.25) is 0 Å². The van der Waals surface area contributed by atoms with Crippen LogP contribution in [0.4, 0.5) is 0 Å². The molecule has 0 bridgehead atoms. The first-order valence-corrected chi connectivity index (χ1v) is 8.47. The van der Waals surface area contributed by atoms with E-state index in [9.17, 15) is 14.4 Å². The molecule has 1 unspecified atom stereocenters. The molecule has 2 rings (SSSR count). The number of aryl methyl sites for hydroxylation is 1. The van der Waals surface area contributed by atoms with Crippen LogP contribution >= 0.6 is 0 Å². The third kappa shape index (κ3) is 5.84. The van der Waals surface area contributed by atoms with Gasteiger partial charge in [-0.05, 0) is 26.2 Å². The van der Waals surface area contributed by atoms with Crippen LogP contribution < -0.4 is 5.32 Å². The fraction of sp³-hybridized carbons (Fsp3) is 0.688. The van der Waals surface area contributed by atoms with Gasteiger partial charge < -0.3 is 19.8 Å². The molecule has 0 radical (unpaired) electrons. The number of amides is 2. The fourth-order valence-electron chi connectivity index (χ4n) is 2.43. The van der Waals surface area contributed by atoms with Crippen molar-refractivity contribution in [2.24, 2.45) is 0 Å². The minimum Gasteiger partial charge on any atom is -0.480 e. The molecule has 1 heterocycles. The van der Waals surface area contributed by atoms with E-state index in [0.717, 1.165) is 18.7 Å². The molecule has 1 aliphatic rings. The summed E-state index contributed by atoms with van der Waals surface area (Å²) in [6, 6.07) is -0.953. The monoisotopic (exact) mass is 352 g/mol. The maximum absolute atomic E-state index is 12.4. The maximum atomic E-state index is 12.4. The number of carbonyl (C=O) groups is 3. The molecule has 0 aromatic carbocycles. The van der Waals surface area contributed by atoms with E-state index in [1.165, 1.54) is 18.7 Å². The van der Waals surface area contributed by atoms with E-state index in [2.05, 4.69) is 15.5 Å². The van der Waals surface area contributed by atoms with Crippen molar-refractivity contribution in [2.45, 2.75) is 57.9 Å². The lowest BCUT2D eigenvalue weighted by molar-refractivity contribution is -0.149. The summed E-state index contributed by atoms with van der Waals surface area (Å²) in [4.78, 5) is 40.1. The molecule has 1 saturated carbocycles. The Morgan fingerprint density at radius 2 is 2.12 bits per heavy atom. The zero-order valence-electron chi connectivity index (χ0n) is 14.5. The second-order valence-electron chi connectivity index (χ2n) is 6.26. The molecule has 0 spiro atoms. The second kappa shape index (κ2) is 8.59. The van der Waals surface area contributed by atoms with E-state index in [1.807, 2.05) is 0 Å². The van der Waals surface area contributed by atoms with Gasteiger partial charge >= 0.3 is 5.97 Å². The zero-order valence-corrected chi connectivity index (χ0v) is 14.5. The van der Waals surface area contributed by atoms with E-state index in [-0.39, 0.29) is 31.3 Å². The summed E-state index contributed by atoms with van der Waals surface area (Å²) < 4.78 is 5.16. The van der Waals surface area contributed by atoms with Crippen molar-refractivity contribution >= 4 is 17.8 Å². The smallest absolute Gasteiger partial charge is 0.326 e. The number of aromatic nitrogens is 2. The molecule has 9 heteroatoms. The largest absolute Gasteiger partial charge is 0.480 e. The maximum Gasteiger partial charge on any atom is 0.326 e. The Kier molecular flexibility index (Phi) is 6.49. The van der Waals surface area contributed by atoms with Crippen molar-refractivity contribution in [1.82, 2.24) is 20.4 Å². The standard InChI is InChI=1S/C16H24N4O5/c1-10(16(23)24)20(9-8-17-11(2)21)14(22)5-3-4-13-18-15(19-25-13)12-6-7-12/h10,12H,3-9H2,1-2H3,(H,17,21)(H,23,24). The van der Waals surface area contributed by atoms with Crippen LogP contribution in [-0.2, 0) is 20.8 Å². The molecule has 1 aromatic rings. The molecule has 1 aromatic heterocycles. The summed E-state index contributed by atoms with van der Waals surface area (Å²) >= 11 is 0. The molecule has 1 aliphatic carbocycles. The van der Waals surface area contributed by atoms with Gasteiger partial charge in [-0.25, -0.2) is 4.79 Å². The van der Waals surface area contributed by atoms with Gasteiger partial charge in [0.2, 0.25) is 17.7 Å². The van der Waals surface area contributed by atoms with Crippen molar-refractivity contribution in [1.29, 1.82) is 0 Å². The number of nitrogens with zero attached hydrogens (tertiary/aromatic N) is 3. The highest BCUT2D eigenvalue weighted by molar-refractivity contribution is 5.83.